The zero-order valence-electron chi connectivity index (χ0n) is 17.2. The van der Waals surface area contributed by atoms with Crippen molar-refractivity contribution in [1.82, 2.24) is 4.98 Å². The van der Waals surface area contributed by atoms with E-state index in [-0.39, 0.29) is 5.91 Å². The molecule has 31 heavy (non-hydrogen) atoms. The topological polar surface area (TPSA) is 42.0 Å². The molecule has 3 nitrogen and oxygen atoms in total. The molecule has 6 heteroatoms. The number of hydrogen-bond acceptors (Lipinski definition) is 2. The Hall–Kier alpha value is -2.59. The monoisotopic (exact) mass is 468 g/mol. The Bertz CT molecular complexity index is 1350. The van der Waals surface area contributed by atoms with Crippen LogP contribution in [-0.2, 0) is 0 Å². The van der Waals surface area contributed by atoms with Crippen molar-refractivity contribution in [3.8, 4) is 11.3 Å². The second kappa shape index (κ2) is 8.51. The zero-order valence-corrected chi connectivity index (χ0v) is 19.5. The molecule has 1 aromatic heterocycles. The Kier molecular flexibility index (Phi) is 5.94. The number of pyridine rings is 1. The summed E-state index contributed by atoms with van der Waals surface area (Å²) >= 11 is 18.7. The van der Waals surface area contributed by atoms with Gasteiger partial charge in [0.25, 0.3) is 5.91 Å². The van der Waals surface area contributed by atoms with Crippen LogP contribution in [-0.4, -0.2) is 10.9 Å². The third-order valence-corrected chi connectivity index (χ3v) is 6.08. The van der Waals surface area contributed by atoms with E-state index in [2.05, 4.69) is 5.32 Å². The van der Waals surface area contributed by atoms with Gasteiger partial charge in [-0.15, -0.1) is 0 Å². The van der Waals surface area contributed by atoms with Crippen molar-refractivity contribution >= 4 is 57.3 Å². The standard InChI is InChI=1S/C25H19Cl3N2O/c1-13-8-15(3)24-19(9-13)20(25(31)29-17-6-4-14(2)21(27)11-17)12-23(30-24)18-7-5-16(26)10-22(18)28/h4-12H,1-3H3,(H,29,31). The van der Waals surface area contributed by atoms with E-state index in [1.54, 1.807) is 24.3 Å². The van der Waals surface area contributed by atoms with Gasteiger partial charge < -0.3 is 5.32 Å². The van der Waals surface area contributed by atoms with Gasteiger partial charge in [-0.05, 0) is 74.4 Å². The summed E-state index contributed by atoms with van der Waals surface area (Å²) in [5.41, 5.74) is 6.18. The first-order valence-corrected chi connectivity index (χ1v) is 10.8. The molecule has 0 aliphatic carbocycles. The lowest BCUT2D eigenvalue weighted by Crippen LogP contribution is -2.13. The molecular formula is C25H19Cl3N2O. The third-order valence-electron chi connectivity index (χ3n) is 5.13. The van der Waals surface area contributed by atoms with Crippen molar-refractivity contribution in [2.45, 2.75) is 20.8 Å². The van der Waals surface area contributed by atoms with Crippen LogP contribution in [0.2, 0.25) is 15.1 Å². The van der Waals surface area contributed by atoms with E-state index < -0.39 is 0 Å². The van der Waals surface area contributed by atoms with E-state index in [1.807, 2.05) is 51.1 Å². The molecule has 0 bridgehead atoms. The van der Waals surface area contributed by atoms with Crippen LogP contribution in [0.4, 0.5) is 5.69 Å². The molecule has 0 radical (unpaired) electrons. The zero-order chi connectivity index (χ0) is 22.3. The number of anilines is 1. The van der Waals surface area contributed by atoms with Crippen molar-refractivity contribution < 1.29 is 4.79 Å². The molecule has 0 aliphatic heterocycles. The van der Waals surface area contributed by atoms with E-state index in [9.17, 15) is 4.79 Å². The summed E-state index contributed by atoms with van der Waals surface area (Å²) in [7, 11) is 0. The van der Waals surface area contributed by atoms with Crippen LogP contribution in [0.5, 0.6) is 0 Å². The van der Waals surface area contributed by atoms with Gasteiger partial charge in [0.2, 0.25) is 0 Å². The van der Waals surface area contributed by atoms with Crippen LogP contribution in [0, 0.1) is 20.8 Å². The van der Waals surface area contributed by atoms with E-state index in [0.29, 0.717) is 37.6 Å². The number of aromatic nitrogens is 1. The quantitative estimate of drug-likeness (QED) is 0.330. The van der Waals surface area contributed by atoms with Gasteiger partial charge in [0, 0.05) is 26.7 Å². The predicted molar refractivity (Wildman–Crippen MR) is 131 cm³/mol. The summed E-state index contributed by atoms with van der Waals surface area (Å²) in [5, 5.41) is 5.34. The summed E-state index contributed by atoms with van der Waals surface area (Å²) in [6, 6.07) is 16.5. The third kappa shape index (κ3) is 4.40. The highest BCUT2D eigenvalue weighted by atomic mass is 35.5. The molecule has 1 N–H and O–H groups in total. The van der Waals surface area contributed by atoms with Gasteiger partial charge in [-0.25, -0.2) is 4.98 Å². The minimum atomic E-state index is -0.247. The largest absolute Gasteiger partial charge is 0.322 e. The Balaban J connectivity index is 1.89. The Morgan fingerprint density at radius 1 is 0.839 bits per heavy atom. The van der Waals surface area contributed by atoms with Crippen molar-refractivity contribution in [1.29, 1.82) is 0 Å². The number of nitrogens with zero attached hydrogens (tertiary/aromatic N) is 1. The Labute approximate surface area is 196 Å². The Morgan fingerprint density at radius 3 is 2.32 bits per heavy atom. The number of carbonyl (C=O) groups is 1. The van der Waals surface area contributed by atoms with Gasteiger partial charge in [-0.3, -0.25) is 4.79 Å². The maximum Gasteiger partial charge on any atom is 0.256 e. The predicted octanol–water partition coefficient (Wildman–Crippen LogP) is 8.04. The minimum Gasteiger partial charge on any atom is -0.322 e. The van der Waals surface area contributed by atoms with Gasteiger partial charge in [0.05, 0.1) is 21.8 Å². The van der Waals surface area contributed by atoms with E-state index in [1.165, 1.54) is 0 Å². The highest BCUT2D eigenvalue weighted by molar-refractivity contribution is 6.36. The first-order chi connectivity index (χ1) is 14.7. The van der Waals surface area contributed by atoms with Crippen molar-refractivity contribution in [2.75, 3.05) is 5.32 Å². The van der Waals surface area contributed by atoms with Crippen LogP contribution in [0.25, 0.3) is 22.2 Å². The van der Waals surface area contributed by atoms with Crippen LogP contribution in [0.1, 0.15) is 27.0 Å². The average Bonchev–Trinajstić information content (AvgIpc) is 2.70. The number of aryl methyl sites for hydroxylation is 3. The summed E-state index contributed by atoms with van der Waals surface area (Å²) in [5.74, 6) is -0.247. The maximum atomic E-state index is 13.3. The molecule has 156 valence electrons. The molecule has 3 aromatic carbocycles. The van der Waals surface area contributed by atoms with Gasteiger partial charge in [0.15, 0.2) is 0 Å². The fourth-order valence-electron chi connectivity index (χ4n) is 3.57. The molecular weight excluding hydrogens is 451 g/mol. The molecule has 0 spiro atoms. The molecule has 0 saturated heterocycles. The number of halogens is 3. The molecule has 0 saturated carbocycles. The highest BCUT2D eigenvalue weighted by Crippen LogP contribution is 2.33. The normalized spacial score (nSPS) is 11.0. The molecule has 0 atom stereocenters. The number of benzene rings is 3. The van der Waals surface area contributed by atoms with Crippen LogP contribution in [0.15, 0.2) is 54.6 Å². The van der Waals surface area contributed by atoms with Gasteiger partial charge in [-0.1, -0.05) is 52.5 Å². The molecule has 0 fully saturated rings. The number of amides is 1. The summed E-state index contributed by atoms with van der Waals surface area (Å²) in [6.07, 6.45) is 0. The molecule has 4 rings (SSSR count). The number of nitrogens with one attached hydrogen (secondary N) is 1. The van der Waals surface area contributed by atoms with Gasteiger partial charge in [-0.2, -0.15) is 0 Å². The van der Waals surface area contributed by atoms with Gasteiger partial charge in [0.1, 0.15) is 0 Å². The highest BCUT2D eigenvalue weighted by Gasteiger charge is 2.17. The SMILES string of the molecule is Cc1cc(C)c2nc(-c3ccc(Cl)cc3Cl)cc(C(=O)Nc3ccc(C)c(Cl)c3)c2c1. The molecule has 0 unspecified atom stereocenters. The smallest absolute Gasteiger partial charge is 0.256 e. The molecule has 4 aromatic rings. The maximum absolute atomic E-state index is 13.3. The number of hydrogen-bond donors (Lipinski definition) is 1. The fourth-order valence-corrected chi connectivity index (χ4v) is 4.26. The Morgan fingerprint density at radius 2 is 1.61 bits per heavy atom. The first-order valence-electron chi connectivity index (χ1n) is 9.68. The minimum absolute atomic E-state index is 0.247. The lowest BCUT2D eigenvalue weighted by molar-refractivity contribution is 0.102. The van der Waals surface area contributed by atoms with Crippen LogP contribution >= 0.6 is 34.8 Å². The second-order valence-electron chi connectivity index (χ2n) is 7.58. The number of fused-ring (bicyclic) bond motifs is 1. The second-order valence-corrected chi connectivity index (χ2v) is 8.83. The summed E-state index contributed by atoms with van der Waals surface area (Å²) < 4.78 is 0. The molecule has 1 heterocycles. The van der Waals surface area contributed by atoms with Crippen LogP contribution < -0.4 is 5.32 Å². The number of rotatable bonds is 3. The van der Waals surface area contributed by atoms with E-state index in [4.69, 9.17) is 39.8 Å². The molecule has 1 amide bonds. The van der Waals surface area contributed by atoms with E-state index >= 15 is 0 Å². The van der Waals surface area contributed by atoms with E-state index in [0.717, 1.165) is 27.6 Å². The van der Waals surface area contributed by atoms with Crippen LogP contribution in [0.3, 0.4) is 0 Å². The lowest BCUT2D eigenvalue weighted by Gasteiger charge is -2.14. The van der Waals surface area contributed by atoms with Crippen molar-refractivity contribution in [3.63, 3.8) is 0 Å². The molecule has 0 aliphatic rings. The fraction of sp³-hybridized carbons (Fsp3) is 0.120. The first kappa shape index (κ1) is 21.6. The van der Waals surface area contributed by atoms with Gasteiger partial charge >= 0.3 is 0 Å². The number of carbonyl (C=O) groups excluding carboxylic acids is 1. The van der Waals surface area contributed by atoms with Crippen molar-refractivity contribution in [2.24, 2.45) is 0 Å². The van der Waals surface area contributed by atoms with Crippen molar-refractivity contribution in [3.05, 3.63) is 91.9 Å². The summed E-state index contributed by atoms with van der Waals surface area (Å²) in [6.45, 7) is 5.90. The average molecular weight is 470 g/mol. The lowest BCUT2D eigenvalue weighted by atomic mass is 9.99. The summed E-state index contributed by atoms with van der Waals surface area (Å²) in [4.78, 5) is 18.2.